The fraction of sp³-hybridized carbons (Fsp3) is 0.333. The second-order valence-electron chi connectivity index (χ2n) is 6.56. The van der Waals surface area contributed by atoms with E-state index < -0.39 is 18.5 Å². The van der Waals surface area contributed by atoms with Gasteiger partial charge < -0.3 is 0 Å². The van der Waals surface area contributed by atoms with Gasteiger partial charge in [-0.2, -0.15) is 17.6 Å². The van der Waals surface area contributed by atoms with Gasteiger partial charge in [0.1, 0.15) is 0 Å². The summed E-state index contributed by atoms with van der Waals surface area (Å²) in [5.74, 6) is -0.401. The van der Waals surface area contributed by atoms with Crippen LogP contribution in [-0.4, -0.2) is 20.8 Å². The zero-order valence-corrected chi connectivity index (χ0v) is 13.4. The van der Waals surface area contributed by atoms with Gasteiger partial charge in [0.05, 0.1) is 12.1 Å². The third-order valence-electron chi connectivity index (χ3n) is 4.74. The molecule has 0 aliphatic heterocycles. The van der Waals surface area contributed by atoms with Crippen molar-refractivity contribution in [2.45, 2.75) is 37.8 Å². The molecule has 25 heavy (non-hydrogen) atoms. The lowest BCUT2D eigenvalue weighted by Gasteiger charge is -2.13. The molecule has 1 aromatic carbocycles. The van der Waals surface area contributed by atoms with Crippen molar-refractivity contribution < 1.29 is 17.6 Å². The quantitative estimate of drug-likeness (QED) is 0.633. The summed E-state index contributed by atoms with van der Waals surface area (Å²) >= 11 is 0. The predicted octanol–water partition coefficient (Wildman–Crippen LogP) is 4.61. The Morgan fingerprint density at radius 1 is 1.20 bits per heavy atom. The minimum Gasteiger partial charge on any atom is -0.237 e. The molecule has 0 bridgehead atoms. The van der Waals surface area contributed by atoms with Gasteiger partial charge in [0, 0.05) is 18.2 Å². The van der Waals surface area contributed by atoms with Crippen molar-refractivity contribution in [2.24, 2.45) is 0 Å². The number of rotatable bonds is 2. The van der Waals surface area contributed by atoms with Gasteiger partial charge in [0.2, 0.25) is 5.95 Å². The van der Waals surface area contributed by atoms with Crippen molar-refractivity contribution in [1.29, 1.82) is 0 Å². The third kappa shape index (κ3) is 2.88. The predicted molar refractivity (Wildman–Crippen MR) is 84.0 cm³/mol. The fourth-order valence-electron chi connectivity index (χ4n) is 3.71. The van der Waals surface area contributed by atoms with Crippen molar-refractivity contribution in [1.82, 2.24) is 14.6 Å². The normalized spacial score (nSPS) is 20.2. The average molecular weight is 349 g/mol. The van der Waals surface area contributed by atoms with E-state index in [1.165, 1.54) is 22.7 Å². The first-order chi connectivity index (χ1) is 11.8. The molecule has 0 spiro atoms. The Bertz CT molecular complexity index is 928. The highest BCUT2D eigenvalue weighted by atomic mass is 19.4. The summed E-state index contributed by atoms with van der Waals surface area (Å²) in [6.45, 7) is 2.04. The highest BCUT2D eigenvalue weighted by molar-refractivity contribution is 5.47. The van der Waals surface area contributed by atoms with Crippen molar-refractivity contribution in [2.75, 3.05) is 0 Å². The molecule has 130 valence electrons. The number of halogens is 4. The van der Waals surface area contributed by atoms with Gasteiger partial charge in [0.25, 0.3) is 0 Å². The lowest BCUT2D eigenvalue weighted by molar-refractivity contribution is -0.127. The molecule has 4 rings (SSSR count). The number of fused-ring (bicyclic) bond motifs is 3. The average Bonchev–Trinajstić information content (AvgIpc) is 3.06. The maximum absolute atomic E-state index is 13.5. The lowest BCUT2D eigenvalue weighted by Crippen LogP contribution is -2.11. The molecule has 1 aliphatic rings. The molecule has 2 atom stereocenters. The first kappa shape index (κ1) is 16.1. The third-order valence-corrected chi connectivity index (χ3v) is 4.74. The van der Waals surface area contributed by atoms with Crippen LogP contribution in [0, 0.1) is 5.95 Å². The molecule has 0 fully saturated rings. The van der Waals surface area contributed by atoms with E-state index in [9.17, 15) is 17.6 Å². The largest absolute Gasteiger partial charge is 0.393 e. The summed E-state index contributed by atoms with van der Waals surface area (Å²) in [4.78, 5) is 4.26. The molecule has 7 heteroatoms. The van der Waals surface area contributed by atoms with E-state index in [-0.39, 0.29) is 17.4 Å². The van der Waals surface area contributed by atoms with Gasteiger partial charge in [0.15, 0.2) is 5.65 Å². The van der Waals surface area contributed by atoms with Crippen LogP contribution in [0.5, 0.6) is 0 Å². The van der Waals surface area contributed by atoms with Crippen LogP contribution in [0.4, 0.5) is 17.6 Å². The Balaban J connectivity index is 1.71. The summed E-state index contributed by atoms with van der Waals surface area (Å²) in [5.41, 5.74) is 3.50. The summed E-state index contributed by atoms with van der Waals surface area (Å²) < 4.78 is 52.5. The van der Waals surface area contributed by atoms with Gasteiger partial charge >= 0.3 is 6.18 Å². The minimum atomic E-state index is -4.21. The van der Waals surface area contributed by atoms with Crippen LogP contribution in [0.3, 0.4) is 0 Å². The van der Waals surface area contributed by atoms with Crippen LogP contribution in [-0.2, 0) is 6.42 Å². The van der Waals surface area contributed by atoms with E-state index in [0.29, 0.717) is 5.65 Å². The summed E-state index contributed by atoms with van der Waals surface area (Å²) in [5, 5.41) is 3.88. The lowest BCUT2D eigenvalue weighted by atomic mass is 9.92. The van der Waals surface area contributed by atoms with Crippen LogP contribution < -0.4 is 0 Å². The number of aromatic nitrogens is 3. The Morgan fingerprint density at radius 3 is 2.60 bits per heavy atom. The standard InChI is InChI=1S/C18H15F4N3/c1-10-6-13(12-4-2-11(3-5-12)8-18(20,21)22)14-9-23-16-7-15(19)24-25(16)17(10)14/h2-5,7,9-10,13H,6,8H2,1H3. The summed E-state index contributed by atoms with van der Waals surface area (Å²) in [7, 11) is 0. The number of hydrogen-bond donors (Lipinski definition) is 0. The van der Waals surface area contributed by atoms with Crippen LogP contribution in [0.2, 0.25) is 0 Å². The molecule has 2 unspecified atom stereocenters. The van der Waals surface area contributed by atoms with Gasteiger partial charge in [-0.1, -0.05) is 31.2 Å². The second kappa shape index (κ2) is 5.54. The van der Waals surface area contributed by atoms with E-state index >= 15 is 0 Å². The summed E-state index contributed by atoms with van der Waals surface area (Å²) in [6.07, 6.45) is -2.63. The van der Waals surface area contributed by atoms with Gasteiger partial charge in [-0.15, -0.1) is 5.10 Å². The second-order valence-corrected chi connectivity index (χ2v) is 6.56. The first-order valence-corrected chi connectivity index (χ1v) is 8.01. The maximum atomic E-state index is 13.5. The van der Waals surface area contributed by atoms with Crippen LogP contribution >= 0.6 is 0 Å². The van der Waals surface area contributed by atoms with E-state index in [1.54, 1.807) is 18.3 Å². The molecular formula is C18H15F4N3. The number of nitrogens with zero attached hydrogens (tertiary/aromatic N) is 3. The molecule has 3 nitrogen and oxygen atoms in total. The molecule has 0 saturated heterocycles. The molecule has 2 aromatic heterocycles. The van der Waals surface area contributed by atoms with Crippen LogP contribution in [0.25, 0.3) is 5.65 Å². The SMILES string of the molecule is CC1CC(c2ccc(CC(F)(F)F)cc2)c2cnc3cc(F)nn3c21. The van der Waals surface area contributed by atoms with E-state index in [4.69, 9.17) is 0 Å². The fourth-order valence-corrected chi connectivity index (χ4v) is 3.71. The van der Waals surface area contributed by atoms with Crippen molar-refractivity contribution in [3.63, 3.8) is 0 Å². The maximum Gasteiger partial charge on any atom is 0.393 e. The molecule has 0 N–H and O–H groups in total. The molecule has 0 amide bonds. The van der Waals surface area contributed by atoms with E-state index in [2.05, 4.69) is 10.1 Å². The molecule has 0 saturated carbocycles. The number of hydrogen-bond acceptors (Lipinski definition) is 2. The molecular weight excluding hydrogens is 334 g/mol. The van der Waals surface area contributed by atoms with Gasteiger partial charge in [-0.25, -0.2) is 9.50 Å². The smallest absolute Gasteiger partial charge is 0.237 e. The van der Waals surface area contributed by atoms with Gasteiger partial charge in [-0.05, 0) is 29.0 Å². The topological polar surface area (TPSA) is 30.2 Å². The Labute approximate surface area is 141 Å². The zero-order chi connectivity index (χ0) is 17.8. The molecule has 0 radical (unpaired) electrons. The van der Waals surface area contributed by atoms with E-state index in [1.807, 2.05) is 6.92 Å². The first-order valence-electron chi connectivity index (χ1n) is 8.01. The Morgan fingerprint density at radius 2 is 1.92 bits per heavy atom. The van der Waals surface area contributed by atoms with Crippen LogP contribution in [0.15, 0.2) is 36.5 Å². The molecule has 1 aliphatic carbocycles. The number of benzene rings is 1. The van der Waals surface area contributed by atoms with Crippen molar-refractivity contribution >= 4 is 5.65 Å². The highest BCUT2D eigenvalue weighted by Crippen LogP contribution is 2.44. The summed E-state index contributed by atoms with van der Waals surface area (Å²) in [6, 6.07) is 7.80. The zero-order valence-electron chi connectivity index (χ0n) is 13.4. The number of alkyl halides is 3. The van der Waals surface area contributed by atoms with Crippen molar-refractivity contribution in [3.8, 4) is 0 Å². The Kier molecular flexibility index (Phi) is 3.56. The highest BCUT2D eigenvalue weighted by Gasteiger charge is 2.33. The molecule has 3 aromatic rings. The Hall–Kier alpha value is -2.44. The van der Waals surface area contributed by atoms with E-state index in [0.717, 1.165) is 23.2 Å². The van der Waals surface area contributed by atoms with Gasteiger partial charge in [-0.3, -0.25) is 0 Å². The molecule has 2 heterocycles. The van der Waals surface area contributed by atoms with Crippen molar-refractivity contribution in [3.05, 3.63) is 64.9 Å². The monoisotopic (exact) mass is 349 g/mol. The minimum absolute atomic E-state index is 0.0223. The van der Waals surface area contributed by atoms with Crippen LogP contribution in [0.1, 0.15) is 47.6 Å².